The zero-order chi connectivity index (χ0) is 15.2. The third-order valence-electron chi connectivity index (χ3n) is 3.04. The summed E-state index contributed by atoms with van der Waals surface area (Å²) in [5.74, 6) is 0.868. The first-order valence-electron chi connectivity index (χ1n) is 7.03. The lowest BCUT2D eigenvalue weighted by molar-refractivity contribution is 0.336. The maximum atomic E-state index is 5.60. The van der Waals surface area contributed by atoms with Gasteiger partial charge in [-0.05, 0) is 75.0 Å². The number of aryl methyl sites for hydroxylation is 1. The molecule has 0 spiro atoms. The largest absolute Gasteiger partial charge is 0.492 e. The molecular weight excluding hydrogens is 414 g/mol. The zero-order valence-corrected chi connectivity index (χ0v) is 16.2. The van der Waals surface area contributed by atoms with Gasteiger partial charge in [-0.25, -0.2) is 0 Å². The normalized spacial score (nSPS) is 10.9. The van der Waals surface area contributed by atoms with Crippen LogP contribution in [0.3, 0.4) is 0 Å². The van der Waals surface area contributed by atoms with Gasteiger partial charge in [-0.3, -0.25) is 0 Å². The van der Waals surface area contributed by atoms with Crippen molar-refractivity contribution in [2.45, 2.75) is 33.4 Å². The van der Waals surface area contributed by atoms with Crippen LogP contribution < -0.4 is 10.1 Å². The summed E-state index contributed by atoms with van der Waals surface area (Å²) in [6, 6.07) is 8.63. The summed E-state index contributed by atoms with van der Waals surface area (Å²) >= 11 is 9.02. The Bertz CT molecular complexity index is 575. The number of rotatable bonds is 7. The number of hydrogen-bond donors (Lipinski definition) is 1. The highest BCUT2D eigenvalue weighted by molar-refractivity contribution is 9.11. The molecule has 0 aliphatic heterocycles. The standard InChI is InChI=1S/C16H19Br2NOS/c1-3-12-5-6-13(21-12)10-19-9-11-7-14(17)16(20-4-2)15(18)8-11/h5-8,19H,3-4,9-10H2,1-2H3. The van der Waals surface area contributed by atoms with E-state index in [1.807, 2.05) is 18.3 Å². The summed E-state index contributed by atoms with van der Waals surface area (Å²) in [7, 11) is 0. The topological polar surface area (TPSA) is 21.3 Å². The van der Waals surface area contributed by atoms with E-state index in [2.05, 4.69) is 68.4 Å². The van der Waals surface area contributed by atoms with E-state index < -0.39 is 0 Å². The average Bonchev–Trinajstić information content (AvgIpc) is 2.91. The number of nitrogens with one attached hydrogen (secondary N) is 1. The van der Waals surface area contributed by atoms with Gasteiger partial charge < -0.3 is 10.1 Å². The third-order valence-corrected chi connectivity index (χ3v) is 5.45. The van der Waals surface area contributed by atoms with Gasteiger partial charge >= 0.3 is 0 Å². The van der Waals surface area contributed by atoms with E-state index >= 15 is 0 Å². The van der Waals surface area contributed by atoms with Gasteiger partial charge in [-0.2, -0.15) is 0 Å². The maximum absolute atomic E-state index is 5.60. The second kappa shape index (κ2) is 8.32. The molecule has 2 nitrogen and oxygen atoms in total. The molecule has 114 valence electrons. The fourth-order valence-corrected chi connectivity index (χ4v) is 4.47. The Balaban J connectivity index is 1.94. The minimum absolute atomic E-state index is 0.660. The van der Waals surface area contributed by atoms with Gasteiger partial charge in [0.15, 0.2) is 0 Å². The first-order valence-corrected chi connectivity index (χ1v) is 9.43. The summed E-state index contributed by atoms with van der Waals surface area (Å²) in [6.45, 7) is 6.58. The van der Waals surface area contributed by atoms with Crippen LogP contribution in [0.15, 0.2) is 33.2 Å². The van der Waals surface area contributed by atoms with Gasteiger partial charge in [0.05, 0.1) is 15.6 Å². The van der Waals surface area contributed by atoms with Crippen molar-refractivity contribution in [1.82, 2.24) is 5.32 Å². The predicted octanol–water partition coefficient (Wildman–Crippen LogP) is 5.52. The zero-order valence-electron chi connectivity index (χ0n) is 12.2. The lowest BCUT2D eigenvalue weighted by atomic mass is 10.2. The van der Waals surface area contributed by atoms with Crippen molar-refractivity contribution in [3.05, 3.63) is 48.5 Å². The van der Waals surface area contributed by atoms with Crippen molar-refractivity contribution in [2.75, 3.05) is 6.61 Å². The lowest BCUT2D eigenvalue weighted by Gasteiger charge is -2.11. The van der Waals surface area contributed by atoms with Crippen LogP contribution in [0.5, 0.6) is 5.75 Å². The van der Waals surface area contributed by atoms with Crippen LogP contribution in [0.2, 0.25) is 0 Å². The van der Waals surface area contributed by atoms with Crippen LogP contribution in [-0.4, -0.2) is 6.61 Å². The quantitative estimate of drug-likeness (QED) is 0.621. The van der Waals surface area contributed by atoms with Crippen LogP contribution >= 0.6 is 43.2 Å². The molecule has 0 fully saturated rings. The highest BCUT2D eigenvalue weighted by Crippen LogP contribution is 2.34. The average molecular weight is 433 g/mol. The molecule has 1 heterocycles. The van der Waals surface area contributed by atoms with Crippen molar-refractivity contribution in [2.24, 2.45) is 0 Å². The fourth-order valence-electron chi connectivity index (χ4n) is 2.03. The molecule has 0 bridgehead atoms. The minimum Gasteiger partial charge on any atom is -0.492 e. The molecule has 0 amide bonds. The van der Waals surface area contributed by atoms with Crippen molar-refractivity contribution < 1.29 is 4.74 Å². The van der Waals surface area contributed by atoms with Crippen LogP contribution in [0.1, 0.15) is 29.2 Å². The second-order valence-electron chi connectivity index (χ2n) is 4.65. The maximum Gasteiger partial charge on any atom is 0.147 e. The Morgan fingerprint density at radius 2 is 1.71 bits per heavy atom. The summed E-state index contributed by atoms with van der Waals surface area (Å²) in [6.07, 6.45) is 1.11. The molecule has 2 aromatic rings. The van der Waals surface area contributed by atoms with E-state index in [1.54, 1.807) is 0 Å². The van der Waals surface area contributed by atoms with Gasteiger partial charge in [0.1, 0.15) is 5.75 Å². The molecule has 1 N–H and O–H groups in total. The first-order chi connectivity index (χ1) is 10.1. The summed E-state index contributed by atoms with van der Waals surface area (Å²) in [5.41, 5.74) is 1.23. The Hall–Kier alpha value is -0.360. The fraction of sp³-hybridized carbons (Fsp3) is 0.375. The highest BCUT2D eigenvalue weighted by Gasteiger charge is 2.08. The molecule has 0 aliphatic rings. The van der Waals surface area contributed by atoms with Crippen molar-refractivity contribution in [3.63, 3.8) is 0 Å². The number of benzene rings is 1. The lowest BCUT2D eigenvalue weighted by Crippen LogP contribution is -2.12. The predicted molar refractivity (Wildman–Crippen MR) is 97.3 cm³/mol. The third kappa shape index (κ3) is 4.81. The van der Waals surface area contributed by atoms with Gasteiger partial charge in [0.2, 0.25) is 0 Å². The molecule has 5 heteroatoms. The van der Waals surface area contributed by atoms with Gasteiger partial charge in [-0.15, -0.1) is 11.3 Å². The van der Waals surface area contributed by atoms with E-state index in [-0.39, 0.29) is 0 Å². The second-order valence-corrected chi connectivity index (χ2v) is 7.61. The number of hydrogen-bond acceptors (Lipinski definition) is 3. The van der Waals surface area contributed by atoms with E-state index in [4.69, 9.17) is 4.74 Å². The molecular formula is C16H19Br2NOS. The van der Waals surface area contributed by atoms with Crippen LogP contribution in [0.25, 0.3) is 0 Å². The molecule has 0 unspecified atom stereocenters. The summed E-state index contributed by atoms with van der Waals surface area (Å²) in [5, 5.41) is 3.49. The molecule has 21 heavy (non-hydrogen) atoms. The van der Waals surface area contributed by atoms with Gasteiger partial charge in [-0.1, -0.05) is 6.92 Å². The van der Waals surface area contributed by atoms with Crippen molar-refractivity contribution in [3.8, 4) is 5.75 Å². The number of thiophene rings is 1. The van der Waals surface area contributed by atoms with E-state index in [1.165, 1.54) is 15.3 Å². The smallest absolute Gasteiger partial charge is 0.147 e. The van der Waals surface area contributed by atoms with Crippen LogP contribution in [-0.2, 0) is 19.5 Å². The van der Waals surface area contributed by atoms with Gasteiger partial charge in [0.25, 0.3) is 0 Å². The Morgan fingerprint density at radius 3 is 2.29 bits per heavy atom. The molecule has 1 aromatic carbocycles. The SMILES string of the molecule is CCOc1c(Br)cc(CNCc2ccc(CC)s2)cc1Br. The molecule has 1 aromatic heterocycles. The van der Waals surface area contributed by atoms with E-state index in [9.17, 15) is 0 Å². The Labute approximate surface area is 147 Å². The van der Waals surface area contributed by atoms with E-state index in [0.29, 0.717) is 6.61 Å². The molecule has 0 saturated carbocycles. The summed E-state index contributed by atoms with van der Waals surface area (Å²) in [4.78, 5) is 2.83. The van der Waals surface area contributed by atoms with Gasteiger partial charge in [0, 0.05) is 22.8 Å². The minimum atomic E-state index is 0.660. The number of ether oxygens (including phenoxy) is 1. The van der Waals surface area contributed by atoms with Crippen molar-refractivity contribution in [1.29, 1.82) is 0 Å². The molecule has 2 rings (SSSR count). The molecule has 0 atom stereocenters. The Morgan fingerprint density at radius 1 is 1.05 bits per heavy atom. The Kier molecular flexibility index (Phi) is 6.74. The van der Waals surface area contributed by atoms with Crippen molar-refractivity contribution >= 4 is 43.2 Å². The highest BCUT2D eigenvalue weighted by atomic mass is 79.9. The summed E-state index contributed by atoms with van der Waals surface area (Å²) < 4.78 is 7.57. The molecule has 0 aliphatic carbocycles. The van der Waals surface area contributed by atoms with E-state index in [0.717, 1.165) is 34.2 Å². The number of halogens is 2. The molecule has 0 saturated heterocycles. The molecule has 0 radical (unpaired) electrons. The van der Waals surface area contributed by atoms with Crippen LogP contribution in [0.4, 0.5) is 0 Å². The first kappa shape index (κ1) is 17.0. The van der Waals surface area contributed by atoms with Crippen LogP contribution in [0, 0.1) is 0 Å². The monoisotopic (exact) mass is 431 g/mol.